The van der Waals surface area contributed by atoms with Gasteiger partial charge >= 0.3 is 12.1 Å². The number of nitrogens with two attached hydrogens (primary N) is 1. The zero-order valence-corrected chi connectivity index (χ0v) is 12.9. The van der Waals surface area contributed by atoms with E-state index in [1.807, 2.05) is 0 Å². The molecular weight excluding hydrogens is 349 g/mol. The maximum atomic E-state index is 13.1. The quantitative estimate of drug-likeness (QED) is 0.770. The molecule has 10 heteroatoms. The van der Waals surface area contributed by atoms with Gasteiger partial charge in [-0.1, -0.05) is 12.1 Å². The highest BCUT2D eigenvalue weighted by atomic mass is 32.2. The highest BCUT2D eigenvalue weighted by Crippen LogP contribution is 2.39. The van der Waals surface area contributed by atoms with Crippen LogP contribution in [0.1, 0.15) is 12.0 Å². The number of rotatable bonds is 5. The molecule has 1 saturated heterocycles. The van der Waals surface area contributed by atoms with Crippen molar-refractivity contribution in [3.05, 3.63) is 29.8 Å². The third kappa shape index (κ3) is 3.70. The lowest BCUT2D eigenvalue weighted by Gasteiger charge is -2.20. The van der Waals surface area contributed by atoms with Gasteiger partial charge in [0.05, 0.1) is 16.5 Å². The first kappa shape index (κ1) is 18.3. The van der Waals surface area contributed by atoms with Crippen molar-refractivity contribution in [3.63, 3.8) is 0 Å². The summed E-state index contributed by atoms with van der Waals surface area (Å²) in [6.45, 7) is 0. The van der Waals surface area contributed by atoms with Gasteiger partial charge in [-0.15, -0.1) is 11.8 Å². The normalized spacial score (nSPS) is 19.7. The van der Waals surface area contributed by atoms with Crippen molar-refractivity contribution in [2.75, 3.05) is 10.7 Å². The van der Waals surface area contributed by atoms with Crippen molar-refractivity contribution >= 4 is 35.2 Å². The number of aliphatic carboxylic acids is 1. The zero-order chi connectivity index (χ0) is 18.1. The molecular formula is C14H13F3N2O4S. The molecule has 1 aliphatic heterocycles. The number of carbonyl (C=O) groups excluding carboxylic acids is 2. The Morgan fingerprint density at radius 3 is 2.58 bits per heavy atom. The average molecular weight is 362 g/mol. The van der Waals surface area contributed by atoms with Crippen LogP contribution in [0, 0.1) is 0 Å². The number of nitrogens with zero attached hydrogens (tertiary/aromatic N) is 1. The number of hydrogen-bond donors (Lipinski definition) is 2. The first-order valence-corrected chi connectivity index (χ1v) is 7.80. The van der Waals surface area contributed by atoms with Crippen LogP contribution in [0.4, 0.5) is 18.9 Å². The SMILES string of the molecule is N[C@H](CS[C@H]1CC(=O)N(c2ccccc2C(F)(F)F)C1=O)C(=O)O. The molecule has 0 aromatic heterocycles. The number of imide groups is 1. The standard InChI is InChI=1S/C14H13F3N2O4S/c15-14(16,17)7-3-1-2-4-9(7)19-11(20)5-10(12(19)21)24-6-8(18)13(22)23/h1-4,8,10H,5-6,18H2,(H,22,23)/t8-,10+/m1/s1. The van der Waals surface area contributed by atoms with E-state index in [0.29, 0.717) is 4.90 Å². The van der Waals surface area contributed by atoms with Crippen LogP contribution in [-0.2, 0) is 20.6 Å². The monoisotopic (exact) mass is 362 g/mol. The average Bonchev–Trinajstić information content (AvgIpc) is 2.78. The summed E-state index contributed by atoms with van der Waals surface area (Å²) in [5, 5.41) is 7.75. The van der Waals surface area contributed by atoms with Gasteiger partial charge in [-0.3, -0.25) is 14.4 Å². The van der Waals surface area contributed by atoms with Gasteiger partial charge in [0.1, 0.15) is 6.04 Å². The second-order valence-electron chi connectivity index (χ2n) is 5.05. The third-order valence-corrected chi connectivity index (χ3v) is 4.67. The predicted octanol–water partition coefficient (Wildman–Crippen LogP) is 1.48. The van der Waals surface area contributed by atoms with Gasteiger partial charge in [-0.05, 0) is 12.1 Å². The maximum absolute atomic E-state index is 13.1. The Morgan fingerprint density at radius 2 is 2.00 bits per heavy atom. The number of carbonyl (C=O) groups is 3. The number of hydrogen-bond acceptors (Lipinski definition) is 5. The number of alkyl halides is 3. The second kappa shape index (κ2) is 6.81. The van der Waals surface area contributed by atoms with Crippen LogP contribution in [0.15, 0.2) is 24.3 Å². The van der Waals surface area contributed by atoms with Crippen LogP contribution >= 0.6 is 11.8 Å². The number of benzene rings is 1. The van der Waals surface area contributed by atoms with E-state index >= 15 is 0 Å². The van der Waals surface area contributed by atoms with Crippen LogP contribution in [0.25, 0.3) is 0 Å². The first-order chi connectivity index (χ1) is 11.1. The Labute approximate surface area is 138 Å². The largest absolute Gasteiger partial charge is 0.480 e. The lowest BCUT2D eigenvalue weighted by atomic mass is 10.1. The van der Waals surface area contributed by atoms with Gasteiger partial charge in [0.2, 0.25) is 11.8 Å². The zero-order valence-electron chi connectivity index (χ0n) is 12.1. The fourth-order valence-electron chi connectivity index (χ4n) is 2.19. The smallest absolute Gasteiger partial charge is 0.418 e. The van der Waals surface area contributed by atoms with E-state index in [0.717, 1.165) is 30.0 Å². The number of carboxylic acid groups (broad SMARTS) is 1. The summed E-state index contributed by atoms with van der Waals surface area (Å²) in [7, 11) is 0. The van der Waals surface area contributed by atoms with Crippen LogP contribution in [0.5, 0.6) is 0 Å². The molecule has 0 unspecified atom stereocenters. The summed E-state index contributed by atoms with van der Waals surface area (Å²) >= 11 is 0.845. The first-order valence-electron chi connectivity index (χ1n) is 6.76. The van der Waals surface area contributed by atoms with Crippen molar-refractivity contribution in [1.29, 1.82) is 0 Å². The number of carboxylic acids is 1. The fraction of sp³-hybridized carbons (Fsp3) is 0.357. The van der Waals surface area contributed by atoms with Gasteiger partial charge in [-0.2, -0.15) is 13.2 Å². The molecule has 0 spiro atoms. The van der Waals surface area contributed by atoms with E-state index in [-0.39, 0.29) is 12.2 Å². The van der Waals surface area contributed by atoms with Gasteiger partial charge in [0.15, 0.2) is 0 Å². The Hall–Kier alpha value is -2.07. The molecule has 130 valence electrons. The van der Waals surface area contributed by atoms with Gasteiger partial charge in [0.25, 0.3) is 0 Å². The van der Waals surface area contributed by atoms with Gasteiger partial charge in [-0.25, -0.2) is 4.90 Å². The molecule has 1 heterocycles. The Morgan fingerprint density at radius 1 is 1.38 bits per heavy atom. The molecule has 2 atom stereocenters. The number of halogens is 3. The lowest BCUT2D eigenvalue weighted by Crippen LogP contribution is -2.35. The Bertz CT molecular complexity index is 680. The molecule has 2 amide bonds. The fourth-order valence-corrected chi connectivity index (χ4v) is 3.28. The summed E-state index contributed by atoms with van der Waals surface area (Å²) in [5.74, 6) is -2.97. The van der Waals surface area contributed by atoms with Crippen LogP contribution in [-0.4, -0.2) is 39.9 Å². The molecule has 3 N–H and O–H groups in total. The molecule has 1 aromatic rings. The maximum Gasteiger partial charge on any atom is 0.418 e. The second-order valence-corrected chi connectivity index (χ2v) is 6.29. The predicted molar refractivity (Wildman–Crippen MR) is 80.4 cm³/mol. The molecule has 1 aromatic carbocycles. The molecule has 0 saturated carbocycles. The van der Waals surface area contributed by atoms with Crippen molar-refractivity contribution < 1.29 is 32.7 Å². The van der Waals surface area contributed by atoms with E-state index in [9.17, 15) is 27.6 Å². The molecule has 0 bridgehead atoms. The molecule has 1 fully saturated rings. The Kier molecular flexibility index (Phi) is 5.19. The summed E-state index contributed by atoms with van der Waals surface area (Å²) < 4.78 is 39.2. The summed E-state index contributed by atoms with van der Waals surface area (Å²) in [4.78, 5) is 35.5. The minimum Gasteiger partial charge on any atom is -0.480 e. The number of para-hydroxylation sites is 1. The van der Waals surface area contributed by atoms with Crippen molar-refractivity contribution in [3.8, 4) is 0 Å². The van der Waals surface area contributed by atoms with E-state index in [4.69, 9.17) is 10.8 Å². The number of amides is 2. The van der Waals surface area contributed by atoms with Crippen molar-refractivity contribution in [1.82, 2.24) is 0 Å². The lowest BCUT2D eigenvalue weighted by molar-refractivity contribution is -0.138. The van der Waals surface area contributed by atoms with Crippen molar-refractivity contribution in [2.24, 2.45) is 5.73 Å². The molecule has 0 aliphatic carbocycles. The van der Waals surface area contributed by atoms with Crippen molar-refractivity contribution in [2.45, 2.75) is 23.9 Å². The summed E-state index contributed by atoms with van der Waals surface area (Å²) in [6.07, 6.45) is -5.02. The highest BCUT2D eigenvalue weighted by Gasteiger charge is 2.44. The highest BCUT2D eigenvalue weighted by molar-refractivity contribution is 8.00. The molecule has 0 radical (unpaired) electrons. The molecule has 6 nitrogen and oxygen atoms in total. The Balaban J connectivity index is 2.23. The molecule has 24 heavy (non-hydrogen) atoms. The minimum atomic E-state index is -4.71. The van der Waals surface area contributed by atoms with Crippen LogP contribution in [0.2, 0.25) is 0 Å². The molecule has 2 rings (SSSR count). The van der Waals surface area contributed by atoms with Gasteiger partial charge < -0.3 is 10.8 Å². The molecule has 1 aliphatic rings. The summed E-state index contributed by atoms with van der Waals surface area (Å²) in [6, 6.07) is 3.07. The number of thioether (sulfide) groups is 1. The summed E-state index contributed by atoms with van der Waals surface area (Å²) in [5.41, 5.74) is 3.72. The van der Waals surface area contributed by atoms with E-state index < -0.39 is 46.5 Å². The number of anilines is 1. The van der Waals surface area contributed by atoms with Gasteiger partial charge in [0, 0.05) is 12.2 Å². The topological polar surface area (TPSA) is 101 Å². The third-order valence-electron chi connectivity index (χ3n) is 3.35. The van der Waals surface area contributed by atoms with E-state index in [2.05, 4.69) is 0 Å². The van der Waals surface area contributed by atoms with E-state index in [1.165, 1.54) is 6.07 Å². The van der Waals surface area contributed by atoms with Crippen LogP contribution in [0.3, 0.4) is 0 Å². The minimum absolute atomic E-state index is 0.131. The van der Waals surface area contributed by atoms with E-state index in [1.54, 1.807) is 0 Å². The van der Waals surface area contributed by atoms with Crippen LogP contribution < -0.4 is 10.6 Å².